The summed E-state index contributed by atoms with van der Waals surface area (Å²) in [6.07, 6.45) is 3.42. The topological polar surface area (TPSA) is 12.0 Å². The number of benzene rings is 1. The van der Waals surface area contributed by atoms with Gasteiger partial charge in [0.1, 0.15) is 0 Å². The Labute approximate surface area is 118 Å². The molecule has 0 saturated heterocycles. The average Bonchev–Trinajstić information content (AvgIpc) is 2.33. The monoisotopic (exact) mass is 281 g/mol. The van der Waals surface area contributed by atoms with Gasteiger partial charge in [-0.2, -0.15) is 11.8 Å². The fourth-order valence-corrected chi connectivity index (χ4v) is 3.30. The molecule has 1 atom stereocenters. The normalized spacial score (nSPS) is 13.6. The van der Waals surface area contributed by atoms with Gasteiger partial charge >= 0.3 is 0 Å². The van der Waals surface area contributed by atoms with E-state index in [-0.39, 0.29) is 0 Å². The molecule has 102 valence electrons. The fourth-order valence-electron chi connectivity index (χ4n) is 1.78. The van der Waals surface area contributed by atoms with Crippen LogP contribution in [0.1, 0.15) is 18.9 Å². The van der Waals surface area contributed by atoms with Gasteiger partial charge in [0.05, 0.1) is 8.07 Å². The minimum atomic E-state index is -1.14. The van der Waals surface area contributed by atoms with Crippen molar-refractivity contribution in [3.63, 3.8) is 0 Å². The number of thioether (sulfide) groups is 1. The molecule has 0 bridgehead atoms. The van der Waals surface area contributed by atoms with Crippen molar-refractivity contribution in [2.75, 3.05) is 12.8 Å². The van der Waals surface area contributed by atoms with Crippen molar-refractivity contribution < 1.29 is 0 Å². The van der Waals surface area contributed by atoms with Gasteiger partial charge in [0, 0.05) is 11.8 Å². The third-order valence-corrected chi connectivity index (χ3v) is 6.38. The highest BCUT2D eigenvalue weighted by molar-refractivity contribution is 7.99. The lowest BCUT2D eigenvalue weighted by atomic mass is 10.2. The first-order valence-electron chi connectivity index (χ1n) is 6.76. The highest BCUT2D eigenvalue weighted by atomic mass is 32.2. The summed E-state index contributed by atoms with van der Waals surface area (Å²) in [4.78, 5) is 0. The van der Waals surface area contributed by atoms with Gasteiger partial charge in [-0.1, -0.05) is 56.0 Å². The maximum atomic E-state index is 3.52. The molecule has 1 aromatic carbocycles. The number of hydrogen-bond acceptors (Lipinski definition) is 2. The molecule has 0 saturated carbocycles. The molecule has 1 aromatic rings. The van der Waals surface area contributed by atoms with Crippen LogP contribution in [0.2, 0.25) is 19.6 Å². The SMILES string of the molecule is CSC(C)CCNCc1ccc([Si](C)(C)C)cc1. The van der Waals surface area contributed by atoms with Crippen LogP contribution in [0.15, 0.2) is 24.3 Å². The van der Waals surface area contributed by atoms with E-state index in [2.05, 4.69) is 62.4 Å². The molecule has 0 amide bonds. The molecule has 0 fully saturated rings. The van der Waals surface area contributed by atoms with Gasteiger partial charge in [-0.15, -0.1) is 0 Å². The minimum Gasteiger partial charge on any atom is -0.313 e. The molecule has 1 nitrogen and oxygen atoms in total. The summed E-state index contributed by atoms with van der Waals surface area (Å²) in [7, 11) is -1.14. The van der Waals surface area contributed by atoms with E-state index >= 15 is 0 Å². The van der Waals surface area contributed by atoms with E-state index in [1.807, 2.05) is 11.8 Å². The zero-order valence-electron chi connectivity index (χ0n) is 12.4. The van der Waals surface area contributed by atoms with Gasteiger partial charge in [0.2, 0.25) is 0 Å². The zero-order chi connectivity index (χ0) is 13.6. The minimum absolute atomic E-state index is 0.756. The van der Waals surface area contributed by atoms with E-state index in [9.17, 15) is 0 Å². The van der Waals surface area contributed by atoms with Crippen molar-refractivity contribution >= 4 is 25.0 Å². The molecule has 0 aromatic heterocycles. The Bertz CT molecular complexity index is 343. The van der Waals surface area contributed by atoms with Crippen LogP contribution in [0, 0.1) is 0 Å². The molecule has 18 heavy (non-hydrogen) atoms. The second-order valence-electron chi connectivity index (χ2n) is 5.96. The molecule has 1 unspecified atom stereocenters. The molecule has 0 radical (unpaired) electrons. The second-order valence-corrected chi connectivity index (χ2v) is 12.3. The average molecular weight is 282 g/mol. The highest BCUT2D eigenvalue weighted by Gasteiger charge is 2.15. The fraction of sp³-hybridized carbons (Fsp3) is 0.600. The van der Waals surface area contributed by atoms with Gasteiger partial charge in [0.15, 0.2) is 0 Å². The molecule has 0 aliphatic rings. The zero-order valence-corrected chi connectivity index (χ0v) is 14.2. The van der Waals surface area contributed by atoms with E-state index in [1.54, 1.807) is 5.19 Å². The maximum absolute atomic E-state index is 3.52. The van der Waals surface area contributed by atoms with Gasteiger partial charge < -0.3 is 5.32 Å². The van der Waals surface area contributed by atoms with Crippen LogP contribution in [-0.4, -0.2) is 26.1 Å². The third-order valence-electron chi connectivity index (χ3n) is 3.28. The maximum Gasteiger partial charge on any atom is 0.0775 e. The van der Waals surface area contributed by atoms with Crippen LogP contribution < -0.4 is 10.5 Å². The largest absolute Gasteiger partial charge is 0.313 e. The van der Waals surface area contributed by atoms with Crippen molar-refractivity contribution in [3.8, 4) is 0 Å². The Morgan fingerprint density at radius 2 is 1.78 bits per heavy atom. The quantitative estimate of drug-likeness (QED) is 0.607. The molecule has 1 N–H and O–H groups in total. The molecule has 0 aliphatic carbocycles. The molecular weight excluding hydrogens is 254 g/mol. The van der Waals surface area contributed by atoms with Gasteiger partial charge in [0.25, 0.3) is 0 Å². The van der Waals surface area contributed by atoms with Crippen molar-refractivity contribution in [2.24, 2.45) is 0 Å². The Hall–Kier alpha value is -0.253. The van der Waals surface area contributed by atoms with Gasteiger partial charge in [-0.25, -0.2) is 0 Å². The van der Waals surface area contributed by atoms with Crippen LogP contribution in [0.3, 0.4) is 0 Å². The first-order chi connectivity index (χ1) is 8.43. The molecule has 0 spiro atoms. The van der Waals surface area contributed by atoms with E-state index in [4.69, 9.17) is 0 Å². The summed E-state index contributed by atoms with van der Waals surface area (Å²) >= 11 is 1.94. The Balaban J connectivity index is 2.36. The van der Waals surface area contributed by atoms with E-state index < -0.39 is 8.07 Å². The predicted octanol–water partition coefficient (Wildman–Crippen LogP) is 3.46. The molecule has 3 heteroatoms. The summed E-state index contributed by atoms with van der Waals surface area (Å²) in [5.41, 5.74) is 1.40. The first kappa shape index (κ1) is 15.8. The number of nitrogens with one attached hydrogen (secondary N) is 1. The lowest BCUT2D eigenvalue weighted by Gasteiger charge is -2.17. The Morgan fingerprint density at radius 3 is 2.28 bits per heavy atom. The molecular formula is C15H27NSSi. The Kier molecular flexibility index (Phi) is 6.47. The van der Waals surface area contributed by atoms with E-state index in [1.165, 1.54) is 12.0 Å². The van der Waals surface area contributed by atoms with Crippen molar-refractivity contribution in [3.05, 3.63) is 29.8 Å². The highest BCUT2D eigenvalue weighted by Crippen LogP contribution is 2.08. The molecule has 0 heterocycles. The summed E-state index contributed by atoms with van der Waals surface area (Å²) in [5.74, 6) is 0. The standard InChI is InChI=1S/C15H27NSSi/c1-13(17-2)10-11-16-12-14-6-8-15(9-7-14)18(3,4)5/h6-9,13,16H,10-12H2,1-5H3. The van der Waals surface area contributed by atoms with Crippen molar-refractivity contribution in [2.45, 2.75) is 44.8 Å². The van der Waals surface area contributed by atoms with Gasteiger partial charge in [-0.3, -0.25) is 0 Å². The van der Waals surface area contributed by atoms with Crippen LogP contribution in [0.5, 0.6) is 0 Å². The van der Waals surface area contributed by atoms with E-state index in [0.29, 0.717) is 0 Å². The third kappa shape index (κ3) is 5.59. The lowest BCUT2D eigenvalue weighted by Crippen LogP contribution is -2.37. The van der Waals surface area contributed by atoms with E-state index in [0.717, 1.165) is 18.3 Å². The van der Waals surface area contributed by atoms with Crippen LogP contribution in [-0.2, 0) is 6.54 Å². The number of rotatable bonds is 7. The summed E-state index contributed by atoms with van der Waals surface area (Å²) in [5, 5.41) is 5.82. The van der Waals surface area contributed by atoms with Crippen LogP contribution >= 0.6 is 11.8 Å². The lowest BCUT2D eigenvalue weighted by molar-refractivity contribution is 0.648. The van der Waals surface area contributed by atoms with Gasteiger partial charge in [-0.05, 0) is 24.8 Å². The molecule has 1 rings (SSSR count). The van der Waals surface area contributed by atoms with Crippen molar-refractivity contribution in [1.29, 1.82) is 0 Å². The van der Waals surface area contributed by atoms with Crippen LogP contribution in [0.25, 0.3) is 0 Å². The summed E-state index contributed by atoms with van der Waals surface area (Å²) < 4.78 is 0. The first-order valence-corrected chi connectivity index (χ1v) is 11.5. The number of hydrogen-bond donors (Lipinski definition) is 1. The summed E-state index contributed by atoms with van der Waals surface area (Å²) in [6.45, 7) is 11.6. The molecule has 0 aliphatic heterocycles. The smallest absolute Gasteiger partial charge is 0.0775 e. The second kappa shape index (κ2) is 7.36. The Morgan fingerprint density at radius 1 is 1.17 bits per heavy atom. The van der Waals surface area contributed by atoms with Crippen molar-refractivity contribution in [1.82, 2.24) is 5.32 Å². The van der Waals surface area contributed by atoms with Crippen LogP contribution in [0.4, 0.5) is 0 Å². The summed E-state index contributed by atoms with van der Waals surface area (Å²) in [6, 6.07) is 9.18. The predicted molar refractivity (Wildman–Crippen MR) is 88.7 cm³/mol.